The zero-order valence-electron chi connectivity index (χ0n) is 11.5. The second-order valence-electron chi connectivity index (χ2n) is 5.29. The number of halogens is 3. The first kappa shape index (κ1) is 15.5. The molecule has 1 aliphatic carbocycles. The van der Waals surface area contributed by atoms with E-state index < -0.39 is 0 Å². The highest BCUT2D eigenvalue weighted by molar-refractivity contribution is 6.36. The highest BCUT2D eigenvalue weighted by Crippen LogP contribution is 2.45. The Balaban J connectivity index is 1.70. The summed E-state index contributed by atoms with van der Waals surface area (Å²) in [5, 5.41) is 7.36. The van der Waals surface area contributed by atoms with Gasteiger partial charge in [-0.25, -0.2) is 4.79 Å². The topological polar surface area (TPSA) is 41.1 Å². The number of rotatable bonds is 3. The number of amides is 2. The van der Waals surface area contributed by atoms with Gasteiger partial charge in [-0.15, -0.1) is 0 Å². The molecule has 3 nitrogen and oxygen atoms in total. The maximum absolute atomic E-state index is 12.2. The molecule has 0 aliphatic heterocycles. The molecule has 114 valence electrons. The molecular formula is C16H13Cl3N2O. The van der Waals surface area contributed by atoms with Crippen LogP contribution in [0, 0.1) is 0 Å². The molecular weight excluding hydrogens is 343 g/mol. The first-order chi connectivity index (χ1) is 10.5. The van der Waals surface area contributed by atoms with Gasteiger partial charge in [0, 0.05) is 10.0 Å². The maximum atomic E-state index is 12.2. The average molecular weight is 356 g/mol. The Morgan fingerprint density at radius 1 is 0.955 bits per heavy atom. The van der Waals surface area contributed by atoms with Crippen molar-refractivity contribution in [1.82, 2.24) is 5.32 Å². The van der Waals surface area contributed by atoms with Gasteiger partial charge in [0.2, 0.25) is 0 Å². The van der Waals surface area contributed by atoms with Crippen molar-refractivity contribution in [3.63, 3.8) is 0 Å². The molecule has 6 heteroatoms. The van der Waals surface area contributed by atoms with Crippen LogP contribution in [0.25, 0.3) is 0 Å². The van der Waals surface area contributed by atoms with Crippen molar-refractivity contribution >= 4 is 46.5 Å². The molecule has 2 aromatic rings. The van der Waals surface area contributed by atoms with Crippen LogP contribution in [0.4, 0.5) is 10.5 Å². The molecule has 0 spiro atoms. The summed E-state index contributed by atoms with van der Waals surface area (Å²) in [5.41, 5.74) is 1.26. The third-order valence-electron chi connectivity index (χ3n) is 3.68. The first-order valence-corrected chi connectivity index (χ1v) is 7.92. The van der Waals surface area contributed by atoms with E-state index in [0.717, 1.165) is 18.4 Å². The average Bonchev–Trinajstić information content (AvgIpc) is 3.23. The lowest BCUT2D eigenvalue weighted by atomic mass is 10.1. The summed E-state index contributed by atoms with van der Waals surface area (Å²) in [6.45, 7) is 0. The number of carbonyl (C=O) groups is 1. The maximum Gasteiger partial charge on any atom is 0.319 e. The summed E-state index contributed by atoms with van der Waals surface area (Å²) in [4.78, 5) is 12.2. The van der Waals surface area contributed by atoms with Gasteiger partial charge >= 0.3 is 6.03 Å². The van der Waals surface area contributed by atoms with Crippen LogP contribution in [0.2, 0.25) is 15.1 Å². The normalized spacial score (nSPS) is 15.2. The predicted molar refractivity (Wildman–Crippen MR) is 91.0 cm³/mol. The SMILES string of the molecule is O=C(Nc1ccc(Cl)cc1Cl)NC1(c2ccc(Cl)cc2)CC1. The molecule has 0 bridgehead atoms. The molecule has 2 N–H and O–H groups in total. The minimum absolute atomic E-state index is 0.295. The molecule has 1 aliphatic rings. The van der Waals surface area contributed by atoms with Crippen LogP contribution in [-0.4, -0.2) is 6.03 Å². The van der Waals surface area contributed by atoms with Gasteiger partial charge in [0.15, 0.2) is 0 Å². The van der Waals surface area contributed by atoms with Crippen LogP contribution in [0.3, 0.4) is 0 Å². The summed E-state index contributed by atoms with van der Waals surface area (Å²) in [6.07, 6.45) is 1.80. The third kappa shape index (κ3) is 3.32. The highest BCUT2D eigenvalue weighted by atomic mass is 35.5. The molecule has 22 heavy (non-hydrogen) atoms. The minimum atomic E-state index is -0.312. The van der Waals surface area contributed by atoms with Gasteiger partial charge in [0.25, 0.3) is 0 Å². The van der Waals surface area contributed by atoms with Gasteiger partial charge in [0.05, 0.1) is 16.2 Å². The van der Waals surface area contributed by atoms with Crippen LogP contribution in [-0.2, 0) is 5.54 Å². The highest BCUT2D eigenvalue weighted by Gasteiger charge is 2.45. The quantitative estimate of drug-likeness (QED) is 0.754. The molecule has 3 rings (SSSR count). The number of benzene rings is 2. The lowest BCUT2D eigenvalue weighted by molar-refractivity contribution is 0.247. The van der Waals surface area contributed by atoms with Crippen LogP contribution >= 0.6 is 34.8 Å². The zero-order chi connectivity index (χ0) is 15.7. The number of hydrogen-bond acceptors (Lipinski definition) is 1. The van der Waals surface area contributed by atoms with Crippen LogP contribution in [0.15, 0.2) is 42.5 Å². The Bertz CT molecular complexity index is 712. The van der Waals surface area contributed by atoms with E-state index in [1.54, 1.807) is 18.2 Å². The van der Waals surface area contributed by atoms with Crippen molar-refractivity contribution in [3.8, 4) is 0 Å². The monoisotopic (exact) mass is 354 g/mol. The van der Waals surface area contributed by atoms with Crippen molar-refractivity contribution < 1.29 is 4.79 Å². The summed E-state index contributed by atoms with van der Waals surface area (Å²) in [5.74, 6) is 0. The van der Waals surface area contributed by atoms with Crippen molar-refractivity contribution in [2.24, 2.45) is 0 Å². The van der Waals surface area contributed by atoms with Gasteiger partial charge in [-0.05, 0) is 48.7 Å². The van der Waals surface area contributed by atoms with Crippen molar-refractivity contribution in [3.05, 3.63) is 63.1 Å². The Hall–Kier alpha value is -1.42. The third-order valence-corrected chi connectivity index (χ3v) is 4.48. The molecule has 0 atom stereocenters. The van der Waals surface area contributed by atoms with Crippen molar-refractivity contribution in [2.45, 2.75) is 18.4 Å². The Morgan fingerprint density at radius 2 is 1.59 bits per heavy atom. The van der Waals surface area contributed by atoms with E-state index in [1.807, 2.05) is 24.3 Å². The second kappa shape index (κ2) is 5.99. The van der Waals surface area contributed by atoms with Gasteiger partial charge in [0.1, 0.15) is 0 Å². The van der Waals surface area contributed by atoms with Crippen molar-refractivity contribution in [2.75, 3.05) is 5.32 Å². The fourth-order valence-corrected chi connectivity index (χ4v) is 2.92. The van der Waals surface area contributed by atoms with Gasteiger partial charge in [-0.3, -0.25) is 0 Å². The van der Waals surface area contributed by atoms with E-state index in [4.69, 9.17) is 34.8 Å². The summed E-state index contributed by atoms with van der Waals surface area (Å²) in [7, 11) is 0. The van der Waals surface area contributed by atoms with E-state index in [1.165, 1.54) is 0 Å². The van der Waals surface area contributed by atoms with E-state index in [0.29, 0.717) is 20.8 Å². The minimum Gasteiger partial charge on any atom is -0.328 e. The molecule has 2 aromatic carbocycles. The molecule has 2 amide bonds. The summed E-state index contributed by atoms with van der Waals surface area (Å²) >= 11 is 17.8. The van der Waals surface area contributed by atoms with E-state index in [-0.39, 0.29) is 11.6 Å². The number of nitrogens with one attached hydrogen (secondary N) is 2. The molecule has 1 saturated carbocycles. The molecule has 0 heterocycles. The van der Waals surface area contributed by atoms with E-state index >= 15 is 0 Å². The molecule has 1 fully saturated rings. The smallest absolute Gasteiger partial charge is 0.319 e. The molecule has 0 unspecified atom stereocenters. The van der Waals surface area contributed by atoms with E-state index in [9.17, 15) is 4.79 Å². The van der Waals surface area contributed by atoms with E-state index in [2.05, 4.69) is 10.6 Å². The molecule has 0 saturated heterocycles. The van der Waals surface area contributed by atoms with Gasteiger partial charge in [-0.2, -0.15) is 0 Å². The summed E-state index contributed by atoms with van der Waals surface area (Å²) in [6, 6.07) is 12.2. The number of anilines is 1. The predicted octanol–water partition coefficient (Wildman–Crippen LogP) is 5.46. The lowest BCUT2D eigenvalue weighted by Crippen LogP contribution is -2.38. The number of urea groups is 1. The Morgan fingerprint density at radius 3 is 2.18 bits per heavy atom. The largest absolute Gasteiger partial charge is 0.328 e. The van der Waals surface area contributed by atoms with Crippen LogP contribution in [0.5, 0.6) is 0 Å². The van der Waals surface area contributed by atoms with Gasteiger partial charge < -0.3 is 10.6 Å². The zero-order valence-corrected chi connectivity index (χ0v) is 13.8. The Kier molecular flexibility index (Phi) is 4.22. The van der Waals surface area contributed by atoms with Crippen LogP contribution in [0.1, 0.15) is 18.4 Å². The number of carbonyl (C=O) groups excluding carboxylic acids is 1. The molecule has 0 aromatic heterocycles. The molecule has 0 radical (unpaired) electrons. The standard InChI is InChI=1S/C16H13Cl3N2O/c17-11-3-1-10(2-4-11)16(7-8-16)21-15(22)20-14-6-5-12(18)9-13(14)19/h1-6,9H,7-8H2,(H2,20,21,22). The van der Waals surface area contributed by atoms with Crippen LogP contribution < -0.4 is 10.6 Å². The van der Waals surface area contributed by atoms with Gasteiger partial charge in [-0.1, -0.05) is 46.9 Å². The lowest BCUT2D eigenvalue weighted by Gasteiger charge is -2.19. The summed E-state index contributed by atoms with van der Waals surface area (Å²) < 4.78 is 0. The first-order valence-electron chi connectivity index (χ1n) is 6.79. The second-order valence-corrected chi connectivity index (χ2v) is 6.57. The number of hydrogen-bond donors (Lipinski definition) is 2. The fourth-order valence-electron chi connectivity index (χ4n) is 2.34. The Labute approximate surface area is 143 Å². The fraction of sp³-hybridized carbons (Fsp3) is 0.188. The van der Waals surface area contributed by atoms with Crippen molar-refractivity contribution in [1.29, 1.82) is 0 Å².